The van der Waals surface area contributed by atoms with Gasteiger partial charge >= 0.3 is 6.01 Å². The van der Waals surface area contributed by atoms with E-state index in [1.165, 1.54) is 11.8 Å². The number of anilines is 1. The van der Waals surface area contributed by atoms with Crippen molar-refractivity contribution in [3.8, 4) is 22.2 Å². The summed E-state index contributed by atoms with van der Waals surface area (Å²) in [5, 5.41) is 19.7. The fourth-order valence-corrected chi connectivity index (χ4v) is 3.35. The number of benzene rings is 1. The number of nitrogens with one attached hydrogen (secondary N) is 2. The summed E-state index contributed by atoms with van der Waals surface area (Å²) in [6.45, 7) is 0. The number of nitrogens with zero attached hydrogens (tertiary/aromatic N) is 4. The highest BCUT2D eigenvalue weighted by molar-refractivity contribution is 7.99. The summed E-state index contributed by atoms with van der Waals surface area (Å²) in [6.07, 6.45) is 0. The van der Waals surface area contributed by atoms with Gasteiger partial charge in [-0.25, -0.2) is 4.98 Å². The topological polar surface area (TPSA) is 110 Å². The van der Waals surface area contributed by atoms with Crippen molar-refractivity contribution in [2.75, 3.05) is 11.1 Å². The molecule has 8 nitrogen and oxygen atoms in total. The van der Waals surface area contributed by atoms with Gasteiger partial charge in [-0.15, -0.1) is 21.5 Å². The Morgan fingerprint density at radius 3 is 2.88 bits per heavy atom. The van der Waals surface area contributed by atoms with Crippen LogP contribution in [0.4, 0.5) is 6.01 Å². The van der Waals surface area contributed by atoms with Crippen LogP contribution in [0, 0.1) is 0 Å². The number of thiophene rings is 1. The molecule has 3 heterocycles. The minimum absolute atomic E-state index is 0.0590. The number of aromatic amines is 1. The van der Waals surface area contributed by atoms with Gasteiger partial charge in [0.2, 0.25) is 17.0 Å². The number of rotatable bonds is 6. The molecule has 10 heteroatoms. The molecule has 1 aromatic carbocycles. The lowest BCUT2D eigenvalue weighted by Crippen LogP contribution is -2.14. The lowest BCUT2D eigenvalue weighted by molar-refractivity contribution is -0.113. The molecule has 0 atom stereocenters. The first-order valence-corrected chi connectivity index (χ1v) is 9.42. The van der Waals surface area contributed by atoms with E-state index in [1.807, 2.05) is 47.8 Å². The van der Waals surface area contributed by atoms with Crippen molar-refractivity contribution in [3.63, 3.8) is 0 Å². The van der Waals surface area contributed by atoms with Crippen molar-refractivity contribution < 1.29 is 9.21 Å². The number of thioether (sulfide) groups is 1. The van der Waals surface area contributed by atoms with Crippen molar-refractivity contribution in [1.29, 1.82) is 0 Å². The molecule has 2 N–H and O–H groups in total. The maximum absolute atomic E-state index is 12.0. The van der Waals surface area contributed by atoms with Crippen LogP contribution in [0.1, 0.15) is 0 Å². The van der Waals surface area contributed by atoms with Gasteiger partial charge in [0.05, 0.1) is 10.6 Å². The Kier molecular flexibility index (Phi) is 4.75. The Morgan fingerprint density at radius 2 is 2.08 bits per heavy atom. The smallest absolute Gasteiger partial charge is 0.322 e. The molecule has 0 radical (unpaired) electrons. The van der Waals surface area contributed by atoms with Crippen molar-refractivity contribution in [3.05, 3.63) is 47.8 Å². The van der Waals surface area contributed by atoms with Gasteiger partial charge in [-0.2, -0.15) is 0 Å². The quantitative estimate of drug-likeness (QED) is 0.491. The summed E-state index contributed by atoms with van der Waals surface area (Å²) in [5.74, 6) is 0.890. The summed E-state index contributed by atoms with van der Waals surface area (Å²) < 4.78 is 5.45. The van der Waals surface area contributed by atoms with Crippen LogP contribution in [0.3, 0.4) is 0 Å². The van der Waals surface area contributed by atoms with Crippen LogP contribution < -0.4 is 5.32 Å². The first-order valence-electron chi connectivity index (χ1n) is 7.56. The van der Waals surface area contributed by atoms with Gasteiger partial charge in [0.1, 0.15) is 0 Å². The molecule has 4 aromatic rings. The van der Waals surface area contributed by atoms with E-state index in [1.54, 1.807) is 11.3 Å². The molecule has 0 unspecified atom stereocenters. The number of amides is 1. The summed E-state index contributed by atoms with van der Waals surface area (Å²) in [7, 11) is 0. The van der Waals surface area contributed by atoms with Crippen LogP contribution >= 0.6 is 23.1 Å². The molecule has 0 aliphatic rings. The molecule has 26 heavy (non-hydrogen) atoms. The zero-order valence-corrected chi connectivity index (χ0v) is 14.9. The Morgan fingerprint density at radius 1 is 1.19 bits per heavy atom. The lowest BCUT2D eigenvalue weighted by Gasteiger charge is -1.98. The average Bonchev–Trinajstić information content (AvgIpc) is 3.41. The molecule has 0 saturated carbocycles. The van der Waals surface area contributed by atoms with E-state index in [9.17, 15) is 4.79 Å². The van der Waals surface area contributed by atoms with Crippen molar-refractivity contribution in [2.45, 2.75) is 5.16 Å². The number of carbonyl (C=O) groups excluding carboxylic acids is 1. The number of hydrogen-bond acceptors (Lipinski definition) is 8. The average molecular weight is 384 g/mol. The maximum atomic E-state index is 12.0. The standard InChI is InChI=1S/C16H12N6O2S2/c23-12(9-26-16-18-13(19-22-16)11-7-4-8-25-11)17-15-21-20-14(24-15)10-5-2-1-3-6-10/h1-8H,9H2,(H,17,21,23)(H,18,19,22). The van der Waals surface area contributed by atoms with E-state index in [2.05, 4.69) is 30.7 Å². The third kappa shape index (κ3) is 3.81. The molecule has 0 saturated heterocycles. The fraction of sp³-hybridized carbons (Fsp3) is 0.0625. The second-order valence-electron chi connectivity index (χ2n) is 5.06. The molecule has 130 valence electrons. The van der Waals surface area contributed by atoms with Gasteiger partial charge in [-0.3, -0.25) is 15.2 Å². The van der Waals surface area contributed by atoms with E-state index in [0.717, 1.165) is 10.4 Å². The second kappa shape index (κ2) is 7.50. The fourth-order valence-electron chi connectivity index (χ4n) is 2.09. The van der Waals surface area contributed by atoms with Crippen molar-refractivity contribution >= 4 is 35.0 Å². The van der Waals surface area contributed by atoms with E-state index in [-0.39, 0.29) is 17.7 Å². The SMILES string of the molecule is O=C(CSc1n[nH]c(-c2cccs2)n1)Nc1nnc(-c2ccccc2)o1. The Balaban J connectivity index is 1.33. The van der Waals surface area contributed by atoms with Crippen LogP contribution in [-0.4, -0.2) is 37.0 Å². The maximum Gasteiger partial charge on any atom is 0.322 e. The van der Waals surface area contributed by atoms with Crippen LogP contribution in [-0.2, 0) is 4.79 Å². The van der Waals surface area contributed by atoms with Gasteiger partial charge in [-0.05, 0) is 23.6 Å². The summed E-state index contributed by atoms with van der Waals surface area (Å²) >= 11 is 2.78. The molecule has 3 aromatic heterocycles. The van der Waals surface area contributed by atoms with Crippen molar-refractivity contribution in [1.82, 2.24) is 25.4 Å². The van der Waals surface area contributed by atoms with Gasteiger partial charge in [0, 0.05) is 5.56 Å². The Hall–Kier alpha value is -2.98. The molecular formula is C16H12N6O2S2. The zero-order chi connectivity index (χ0) is 17.8. The van der Waals surface area contributed by atoms with Crippen molar-refractivity contribution in [2.24, 2.45) is 0 Å². The van der Waals surface area contributed by atoms with Crippen LogP contribution in [0.5, 0.6) is 0 Å². The molecular weight excluding hydrogens is 372 g/mol. The summed E-state index contributed by atoms with van der Waals surface area (Å²) in [6, 6.07) is 13.3. The molecule has 1 amide bonds. The molecule has 0 aliphatic heterocycles. The third-order valence-corrected chi connectivity index (χ3v) is 4.97. The largest absolute Gasteiger partial charge is 0.403 e. The molecule has 0 spiro atoms. The van der Waals surface area contributed by atoms with Gasteiger partial charge < -0.3 is 4.42 Å². The highest BCUT2D eigenvalue weighted by Gasteiger charge is 2.13. The van der Waals surface area contributed by atoms with E-state index in [0.29, 0.717) is 16.9 Å². The summed E-state index contributed by atoms with van der Waals surface area (Å²) in [4.78, 5) is 17.4. The first kappa shape index (κ1) is 16.5. The summed E-state index contributed by atoms with van der Waals surface area (Å²) in [5.41, 5.74) is 0.789. The minimum atomic E-state index is -0.277. The second-order valence-corrected chi connectivity index (χ2v) is 6.95. The molecule has 4 rings (SSSR count). The third-order valence-electron chi connectivity index (χ3n) is 3.24. The molecule has 0 fully saturated rings. The van der Waals surface area contributed by atoms with Crippen LogP contribution in [0.15, 0.2) is 57.4 Å². The number of carbonyl (C=O) groups is 1. The first-order chi connectivity index (χ1) is 12.8. The molecule has 0 bridgehead atoms. The highest BCUT2D eigenvalue weighted by Crippen LogP contribution is 2.23. The van der Waals surface area contributed by atoms with Crippen LogP contribution in [0.25, 0.3) is 22.2 Å². The monoisotopic (exact) mass is 384 g/mol. The van der Waals surface area contributed by atoms with Crippen LogP contribution in [0.2, 0.25) is 0 Å². The predicted octanol–water partition coefficient (Wildman–Crippen LogP) is 3.31. The van der Waals surface area contributed by atoms with Gasteiger partial charge in [0.15, 0.2) is 5.82 Å². The highest BCUT2D eigenvalue weighted by atomic mass is 32.2. The van der Waals surface area contributed by atoms with E-state index in [4.69, 9.17) is 4.42 Å². The lowest BCUT2D eigenvalue weighted by atomic mass is 10.2. The minimum Gasteiger partial charge on any atom is -0.403 e. The van der Waals surface area contributed by atoms with Gasteiger partial charge in [-0.1, -0.05) is 41.1 Å². The predicted molar refractivity (Wildman–Crippen MR) is 98.8 cm³/mol. The Bertz CT molecular complexity index is 997. The number of aromatic nitrogens is 5. The van der Waals surface area contributed by atoms with E-state index < -0.39 is 0 Å². The molecule has 0 aliphatic carbocycles. The normalized spacial score (nSPS) is 10.8. The number of hydrogen-bond donors (Lipinski definition) is 2. The zero-order valence-electron chi connectivity index (χ0n) is 13.2. The Labute approximate surface area is 156 Å². The van der Waals surface area contributed by atoms with E-state index >= 15 is 0 Å². The number of H-pyrrole nitrogens is 1. The van der Waals surface area contributed by atoms with Gasteiger partial charge in [0.25, 0.3) is 0 Å².